The Morgan fingerprint density at radius 3 is 2.71 bits per heavy atom. The second-order valence-electron chi connectivity index (χ2n) is 8.15. The van der Waals surface area contributed by atoms with E-state index in [1.54, 1.807) is 11.8 Å². The minimum atomic E-state index is -0.450. The second kappa shape index (κ2) is 9.40. The maximum Gasteiger partial charge on any atom is 0.261 e. The molecule has 2 heterocycles. The number of benzene rings is 1. The van der Waals surface area contributed by atoms with Gasteiger partial charge >= 0.3 is 0 Å². The first-order chi connectivity index (χ1) is 13.7. The highest BCUT2D eigenvalue weighted by Crippen LogP contribution is 2.28. The number of hydrogen-bond acceptors (Lipinski definition) is 4. The number of nitrogens with zero attached hydrogens (tertiary/aromatic N) is 1. The zero-order valence-corrected chi connectivity index (χ0v) is 17.2. The lowest BCUT2D eigenvalue weighted by Gasteiger charge is -2.21. The smallest absolute Gasteiger partial charge is 0.261 e. The molecule has 4 nitrogen and oxygen atoms in total. The third-order valence-electron chi connectivity index (χ3n) is 6.06. The second-order valence-corrected chi connectivity index (χ2v) is 9.44. The SMILES string of the molecule is O=c1[nH]c(CSC2CCOCC2)nc2cc(CCC3CCCCC3)cc(F)c12. The van der Waals surface area contributed by atoms with Gasteiger partial charge in [0.2, 0.25) is 0 Å². The number of thioether (sulfide) groups is 1. The summed E-state index contributed by atoms with van der Waals surface area (Å²) < 4.78 is 20.0. The minimum Gasteiger partial charge on any atom is -0.381 e. The molecule has 2 aliphatic rings. The molecule has 28 heavy (non-hydrogen) atoms. The van der Waals surface area contributed by atoms with E-state index in [0.717, 1.165) is 50.4 Å². The molecule has 1 aliphatic carbocycles. The van der Waals surface area contributed by atoms with Crippen LogP contribution in [0.2, 0.25) is 0 Å². The molecule has 2 fully saturated rings. The predicted octanol–water partition coefficient (Wildman–Crippen LogP) is 4.99. The molecule has 0 amide bonds. The van der Waals surface area contributed by atoms with Gasteiger partial charge in [-0.2, -0.15) is 11.8 Å². The van der Waals surface area contributed by atoms with Gasteiger partial charge in [0.05, 0.1) is 11.3 Å². The number of fused-ring (bicyclic) bond motifs is 1. The number of H-pyrrole nitrogens is 1. The standard InChI is InChI=1S/C22H29FN2O2S/c23-18-12-16(7-6-15-4-2-1-3-5-15)13-19-21(18)22(26)25-20(24-19)14-28-17-8-10-27-11-9-17/h12-13,15,17H,1-11,14H2,(H,24,25,26). The van der Waals surface area contributed by atoms with Crippen molar-refractivity contribution in [3.8, 4) is 0 Å². The van der Waals surface area contributed by atoms with E-state index in [0.29, 0.717) is 22.3 Å². The van der Waals surface area contributed by atoms with Crippen LogP contribution < -0.4 is 5.56 Å². The van der Waals surface area contributed by atoms with E-state index >= 15 is 0 Å². The van der Waals surface area contributed by atoms with E-state index in [2.05, 4.69) is 9.97 Å². The Morgan fingerprint density at radius 2 is 1.93 bits per heavy atom. The predicted molar refractivity (Wildman–Crippen MR) is 112 cm³/mol. The van der Waals surface area contributed by atoms with Crippen LogP contribution in [-0.2, 0) is 16.9 Å². The van der Waals surface area contributed by atoms with Gasteiger partial charge in [-0.1, -0.05) is 32.1 Å². The fourth-order valence-corrected chi connectivity index (χ4v) is 5.48. The van der Waals surface area contributed by atoms with Crippen LogP contribution in [0.4, 0.5) is 4.39 Å². The van der Waals surface area contributed by atoms with Crippen molar-refractivity contribution >= 4 is 22.7 Å². The van der Waals surface area contributed by atoms with Crippen LogP contribution >= 0.6 is 11.8 Å². The fraction of sp³-hybridized carbons (Fsp3) is 0.636. The van der Waals surface area contributed by atoms with Gasteiger partial charge in [-0.25, -0.2) is 9.37 Å². The van der Waals surface area contributed by atoms with Gasteiger partial charge in [0.15, 0.2) is 0 Å². The summed E-state index contributed by atoms with van der Waals surface area (Å²) in [5, 5.41) is 0.620. The van der Waals surface area contributed by atoms with Gasteiger partial charge in [0.25, 0.3) is 5.56 Å². The van der Waals surface area contributed by atoms with Crippen molar-refractivity contribution in [3.05, 3.63) is 39.7 Å². The quantitative estimate of drug-likeness (QED) is 0.737. The molecule has 152 valence electrons. The van der Waals surface area contributed by atoms with Crippen molar-refractivity contribution < 1.29 is 9.13 Å². The van der Waals surface area contributed by atoms with Crippen LogP contribution in [0.15, 0.2) is 16.9 Å². The molecule has 1 aromatic heterocycles. The number of ether oxygens (including phenoxy) is 1. The van der Waals surface area contributed by atoms with Crippen molar-refractivity contribution in [2.45, 2.75) is 68.8 Å². The van der Waals surface area contributed by atoms with Crippen LogP contribution in [-0.4, -0.2) is 28.4 Å². The number of nitrogens with one attached hydrogen (secondary N) is 1. The molecule has 4 rings (SSSR count). The summed E-state index contributed by atoms with van der Waals surface area (Å²) in [6, 6.07) is 3.44. The average Bonchev–Trinajstić information content (AvgIpc) is 2.72. The lowest BCUT2D eigenvalue weighted by atomic mass is 9.85. The normalized spacial score (nSPS) is 19.3. The molecule has 1 N–H and O–H groups in total. The highest BCUT2D eigenvalue weighted by atomic mass is 32.2. The van der Waals surface area contributed by atoms with Crippen LogP contribution in [0.25, 0.3) is 10.9 Å². The van der Waals surface area contributed by atoms with Gasteiger partial charge in [0, 0.05) is 18.5 Å². The van der Waals surface area contributed by atoms with Gasteiger partial charge in [-0.3, -0.25) is 4.79 Å². The highest BCUT2D eigenvalue weighted by molar-refractivity contribution is 7.99. The van der Waals surface area contributed by atoms with Crippen LogP contribution in [0, 0.1) is 11.7 Å². The summed E-state index contributed by atoms with van der Waals surface area (Å²) in [5.41, 5.74) is 1.07. The molecule has 0 atom stereocenters. The summed E-state index contributed by atoms with van der Waals surface area (Å²) in [4.78, 5) is 19.8. The van der Waals surface area contributed by atoms with Crippen LogP contribution in [0.1, 0.15) is 62.8 Å². The Kier molecular flexibility index (Phi) is 6.68. The van der Waals surface area contributed by atoms with Crippen LogP contribution in [0.3, 0.4) is 0 Å². The molecule has 0 bridgehead atoms. The third kappa shape index (κ3) is 4.95. The van der Waals surface area contributed by atoms with Crippen molar-refractivity contribution in [2.75, 3.05) is 13.2 Å². The summed E-state index contributed by atoms with van der Waals surface area (Å²) in [5.74, 6) is 1.58. The lowest BCUT2D eigenvalue weighted by Crippen LogP contribution is -2.18. The maximum atomic E-state index is 14.6. The molecule has 1 saturated carbocycles. The van der Waals surface area contributed by atoms with E-state index < -0.39 is 5.82 Å². The molecular formula is C22H29FN2O2S. The number of aromatic amines is 1. The van der Waals surface area contributed by atoms with Gasteiger partial charge in [0.1, 0.15) is 17.0 Å². The monoisotopic (exact) mass is 404 g/mol. The summed E-state index contributed by atoms with van der Waals surface area (Å²) in [7, 11) is 0. The molecular weight excluding hydrogens is 375 g/mol. The number of hydrogen-bond donors (Lipinski definition) is 1. The Hall–Kier alpha value is -1.40. The Balaban J connectivity index is 1.48. The fourth-order valence-electron chi connectivity index (χ4n) is 4.43. The number of halogens is 1. The Morgan fingerprint density at radius 1 is 1.14 bits per heavy atom. The first kappa shape index (κ1) is 19.9. The summed E-state index contributed by atoms with van der Waals surface area (Å²) in [6.45, 7) is 1.60. The van der Waals surface area contributed by atoms with Crippen LogP contribution in [0.5, 0.6) is 0 Å². The van der Waals surface area contributed by atoms with Gasteiger partial charge in [-0.05, 0) is 49.3 Å². The van der Waals surface area contributed by atoms with E-state index in [1.807, 2.05) is 6.07 Å². The van der Waals surface area contributed by atoms with Gasteiger partial charge < -0.3 is 9.72 Å². The highest BCUT2D eigenvalue weighted by Gasteiger charge is 2.17. The first-order valence-electron chi connectivity index (χ1n) is 10.6. The molecule has 1 saturated heterocycles. The Bertz CT molecular complexity index is 852. The topological polar surface area (TPSA) is 55.0 Å². The average molecular weight is 405 g/mol. The molecule has 6 heteroatoms. The molecule has 0 spiro atoms. The largest absolute Gasteiger partial charge is 0.381 e. The van der Waals surface area contributed by atoms with Crippen molar-refractivity contribution in [1.82, 2.24) is 9.97 Å². The molecule has 0 radical (unpaired) electrons. The summed E-state index contributed by atoms with van der Waals surface area (Å²) in [6.07, 6.45) is 10.6. The molecule has 1 aromatic carbocycles. The number of aryl methyl sites for hydroxylation is 1. The lowest BCUT2D eigenvalue weighted by molar-refractivity contribution is 0.1000. The zero-order chi connectivity index (χ0) is 19.3. The van der Waals surface area contributed by atoms with Crippen molar-refractivity contribution in [3.63, 3.8) is 0 Å². The first-order valence-corrected chi connectivity index (χ1v) is 11.6. The minimum absolute atomic E-state index is 0.0845. The Labute approximate surface area is 169 Å². The molecule has 2 aromatic rings. The number of aromatic nitrogens is 2. The molecule has 1 aliphatic heterocycles. The van der Waals surface area contributed by atoms with E-state index in [9.17, 15) is 9.18 Å². The maximum absolute atomic E-state index is 14.6. The van der Waals surface area contributed by atoms with E-state index in [4.69, 9.17) is 4.74 Å². The van der Waals surface area contributed by atoms with E-state index in [-0.39, 0.29) is 10.9 Å². The molecule has 0 unspecified atom stereocenters. The van der Waals surface area contributed by atoms with Crippen molar-refractivity contribution in [1.29, 1.82) is 0 Å². The third-order valence-corrected chi connectivity index (χ3v) is 7.44. The van der Waals surface area contributed by atoms with Gasteiger partial charge in [-0.15, -0.1) is 0 Å². The zero-order valence-electron chi connectivity index (χ0n) is 16.3. The van der Waals surface area contributed by atoms with E-state index in [1.165, 1.54) is 38.2 Å². The summed E-state index contributed by atoms with van der Waals surface area (Å²) >= 11 is 1.80. The van der Waals surface area contributed by atoms with Crippen molar-refractivity contribution in [2.24, 2.45) is 5.92 Å². The number of rotatable bonds is 6.